The molecule has 5 N–H and O–H groups in total. The molecule has 0 saturated heterocycles. The fraction of sp³-hybridized carbons (Fsp3) is 0.0909. The van der Waals surface area contributed by atoms with Crippen LogP contribution in [0.3, 0.4) is 0 Å². The van der Waals surface area contributed by atoms with Gasteiger partial charge in [-0.25, -0.2) is 0 Å². The van der Waals surface area contributed by atoms with Gasteiger partial charge in [0.2, 0.25) is 0 Å². The Morgan fingerprint density at radius 3 is 2.67 bits per heavy atom. The first-order valence-electron chi connectivity index (χ1n) is 5.73. The first-order chi connectivity index (χ1) is 10.0. The van der Waals surface area contributed by atoms with E-state index in [1.54, 1.807) is 12.1 Å². The van der Waals surface area contributed by atoms with Gasteiger partial charge in [0.1, 0.15) is 12.4 Å². The molecular formula is C11H13N5O4S. The highest BCUT2D eigenvalue weighted by Gasteiger charge is 2.15. The average molecular weight is 311 g/mol. The number of benzene rings is 1. The molecule has 0 aliphatic heterocycles. The fourth-order valence-electron chi connectivity index (χ4n) is 1.41. The van der Waals surface area contributed by atoms with Crippen LogP contribution in [0.15, 0.2) is 46.7 Å². The van der Waals surface area contributed by atoms with Gasteiger partial charge in [-0.15, -0.1) is 0 Å². The lowest BCUT2D eigenvalue weighted by atomic mass is 10.3. The van der Waals surface area contributed by atoms with E-state index in [9.17, 15) is 8.42 Å². The van der Waals surface area contributed by atoms with Gasteiger partial charge < -0.3 is 15.7 Å². The topological polar surface area (TPSA) is 143 Å². The van der Waals surface area contributed by atoms with Gasteiger partial charge >= 0.3 is 0 Å². The molecule has 1 heterocycles. The summed E-state index contributed by atoms with van der Waals surface area (Å²) >= 11 is 0. The van der Waals surface area contributed by atoms with E-state index in [0.29, 0.717) is 11.4 Å². The number of anilines is 1. The smallest absolute Gasteiger partial charge is 0.278 e. The Labute approximate surface area is 120 Å². The van der Waals surface area contributed by atoms with Crippen LogP contribution in [-0.2, 0) is 10.0 Å². The molecule has 0 radical (unpaired) electrons. The van der Waals surface area contributed by atoms with E-state index in [1.807, 2.05) is 0 Å². The molecule has 1 aromatic heterocycles. The Kier molecular flexibility index (Phi) is 4.28. The first kappa shape index (κ1) is 14.7. The number of aromatic nitrogens is 2. The lowest BCUT2D eigenvalue weighted by molar-refractivity contribution is 0.306. The number of hydrogen-bond acceptors (Lipinski definition) is 6. The number of sulfonamides is 1. The zero-order valence-corrected chi connectivity index (χ0v) is 11.5. The van der Waals surface area contributed by atoms with E-state index in [1.165, 1.54) is 24.4 Å². The SMILES string of the molecule is N/C(COc1ccc(NS(=O)(=O)c2ccn[nH]2)cc1)=N/O. The van der Waals surface area contributed by atoms with Crippen molar-refractivity contribution in [1.82, 2.24) is 10.2 Å². The number of nitrogens with one attached hydrogen (secondary N) is 2. The number of nitrogens with zero attached hydrogens (tertiary/aromatic N) is 2. The van der Waals surface area contributed by atoms with Crippen LogP contribution in [0, 0.1) is 0 Å². The highest BCUT2D eigenvalue weighted by Crippen LogP contribution is 2.18. The zero-order chi connectivity index (χ0) is 15.3. The average Bonchev–Trinajstić information content (AvgIpc) is 3.01. The monoisotopic (exact) mass is 311 g/mol. The molecule has 0 saturated carbocycles. The molecule has 0 unspecified atom stereocenters. The molecule has 2 rings (SSSR count). The van der Waals surface area contributed by atoms with Gasteiger partial charge in [0.05, 0.1) is 6.20 Å². The summed E-state index contributed by atoms with van der Waals surface area (Å²) in [4.78, 5) is 0. The zero-order valence-electron chi connectivity index (χ0n) is 10.7. The van der Waals surface area contributed by atoms with Crippen molar-refractivity contribution in [3.8, 4) is 5.75 Å². The summed E-state index contributed by atoms with van der Waals surface area (Å²) in [5.74, 6) is 0.380. The molecule has 0 aliphatic rings. The largest absolute Gasteiger partial charge is 0.486 e. The number of aromatic amines is 1. The number of hydrogen-bond donors (Lipinski definition) is 4. The van der Waals surface area contributed by atoms with Crippen LogP contribution in [0.25, 0.3) is 0 Å². The van der Waals surface area contributed by atoms with Crippen molar-refractivity contribution in [3.05, 3.63) is 36.5 Å². The summed E-state index contributed by atoms with van der Waals surface area (Å²) in [6, 6.07) is 7.49. The molecule has 0 amide bonds. The van der Waals surface area contributed by atoms with Gasteiger partial charge in [-0.2, -0.15) is 13.5 Å². The van der Waals surface area contributed by atoms with E-state index >= 15 is 0 Å². The summed E-state index contributed by atoms with van der Waals surface area (Å²) in [7, 11) is -3.69. The molecule has 0 fully saturated rings. The van der Waals surface area contributed by atoms with E-state index in [2.05, 4.69) is 20.1 Å². The Hall–Kier alpha value is -2.75. The van der Waals surface area contributed by atoms with E-state index in [4.69, 9.17) is 15.7 Å². The van der Waals surface area contributed by atoms with Crippen LogP contribution >= 0.6 is 0 Å². The predicted molar refractivity (Wildman–Crippen MR) is 74.7 cm³/mol. The molecule has 112 valence electrons. The molecule has 9 nitrogen and oxygen atoms in total. The molecular weight excluding hydrogens is 298 g/mol. The minimum absolute atomic E-state index is 0.0326. The standard InChI is InChI=1S/C11H13N5O4S/c12-10(15-17)7-20-9-3-1-8(2-4-9)16-21(18,19)11-5-6-13-14-11/h1-6,16-17H,7H2,(H2,12,15)(H,13,14). The molecule has 0 spiro atoms. The van der Waals surface area contributed by atoms with Crippen molar-refractivity contribution >= 4 is 21.5 Å². The number of nitrogens with two attached hydrogens (primary N) is 1. The number of amidine groups is 1. The maximum absolute atomic E-state index is 11.9. The second-order valence-corrected chi connectivity index (χ2v) is 5.58. The van der Waals surface area contributed by atoms with Crippen LogP contribution in [-0.4, -0.2) is 36.3 Å². The Balaban J connectivity index is 2.03. The molecule has 0 bridgehead atoms. The third kappa shape index (κ3) is 3.86. The van der Waals surface area contributed by atoms with Crippen molar-refractivity contribution < 1.29 is 18.4 Å². The number of oxime groups is 1. The maximum Gasteiger partial charge on any atom is 0.278 e. The van der Waals surface area contributed by atoms with Gasteiger partial charge in [-0.3, -0.25) is 9.82 Å². The molecule has 2 aromatic rings. The predicted octanol–water partition coefficient (Wildman–Crippen LogP) is 0.336. The van der Waals surface area contributed by atoms with Gasteiger partial charge in [0.25, 0.3) is 10.0 Å². The second kappa shape index (κ2) is 6.13. The summed E-state index contributed by atoms with van der Waals surface area (Å²) < 4.78 is 31.4. The van der Waals surface area contributed by atoms with Crippen molar-refractivity contribution in [1.29, 1.82) is 0 Å². The van der Waals surface area contributed by atoms with Gasteiger partial charge in [-0.1, -0.05) is 5.16 Å². The minimum Gasteiger partial charge on any atom is -0.486 e. The number of ether oxygens (including phenoxy) is 1. The number of rotatable bonds is 6. The fourth-order valence-corrected chi connectivity index (χ4v) is 2.38. The van der Waals surface area contributed by atoms with Gasteiger partial charge in [0.15, 0.2) is 10.9 Å². The highest BCUT2D eigenvalue weighted by molar-refractivity contribution is 7.92. The molecule has 21 heavy (non-hydrogen) atoms. The second-order valence-electron chi connectivity index (χ2n) is 3.93. The lowest BCUT2D eigenvalue weighted by Gasteiger charge is -2.08. The van der Waals surface area contributed by atoms with Crippen molar-refractivity contribution in [3.63, 3.8) is 0 Å². The molecule has 10 heteroatoms. The highest BCUT2D eigenvalue weighted by atomic mass is 32.2. The van der Waals surface area contributed by atoms with Crippen LogP contribution in [0.4, 0.5) is 5.69 Å². The van der Waals surface area contributed by atoms with Crippen molar-refractivity contribution in [2.24, 2.45) is 10.9 Å². The normalized spacial score (nSPS) is 12.1. The summed E-state index contributed by atoms with van der Waals surface area (Å²) in [6.45, 7) is -0.0737. The Morgan fingerprint density at radius 2 is 2.10 bits per heavy atom. The minimum atomic E-state index is -3.69. The quantitative estimate of drug-likeness (QED) is 0.262. The summed E-state index contributed by atoms with van der Waals surface area (Å²) in [6.07, 6.45) is 1.35. The van der Waals surface area contributed by atoms with Crippen LogP contribution in [0.2, 0.25) is 0 Å². The Bertz CT molecular complexity index is 710. The molecule has 0 aliphatic carbocycles. The van der Waals surface area contributed by atoms with Gasteiger partial charge in [0, 0.05) is 5.69 Å². The van der Waals surface area contributed by atoms with E-state index in [0.717, 1.165) is 0 Å². The van der Waals surface area contributed by atoms with E-state index in [-0.39, 0.29) is 17.5 Å². The van der Waals surface area contributed by atoms with Crippen LogP contribution in [0.5, 0.6) is 5.75 Å². The third-order valence-corrected chi connectivity index (χ3v) is 3.70. The van der Waals surface area contributed by atoms with Crippen molar-refractivity contribution in [2.75, 3.05) is 11.3 Å². The Morgan fingerprint density at radius 1 is 1.38 bits per heavy atom. The summed E-state index contributed by atoms with van der Waals surface area (Å²) in [5, 5.41) is 17.1. The number of H-pyrrole nitrogens is 1. The van der Waals surface area contributed by atoms with Crippen molar-refractivity contribution in [2.45, 2.75) is 5.03 Å². The summed E-state index contributed by atoms with van der Waals surface area (Å²) in [5.41, 5.74) is 5.62. The molecule has 1 aromatic carbocycles. The van der Waals surface area contributed by atoms with Crippen LogP contribution in [0.1, 0.15) is 0 Å². The van der Waals surface area contributed by atoms with Crippen LogP contribution < -0.4 is 15.2 Å². The first-order valence-corrected chi connectivity index (χ1v) is 7.21. The molecule has 0 atom stereocenters. The third-order valence-electron chi connectivity index (χ3n) is 2.39. The lowest BCUT2D eigenvalue weighted by Crippen LogP contribution is -2.20. The maximum atomic E-state index is 11.9. The van der Waals surface area contributed by atoms with Gasteiger partial charge in [-0.05, 0) is 30.3 Å². The van der Waals surface area contributed by atoms with E-state index < -0.39 is 10.0 Å².